The Morgan fingerprint density at radius 3 is 2.50 bits per heavy atom. The molecule has 3 nitrogen and oxygen atoms in total. The van der Waals surface area contributed by atoms with Crippen molar-refractivity contribution in [3.05, 3.63) is 23.8 Å². The molecular weight excluding hydrogens is 272 g/mol. The number of nitrogens with zero attached hydrogens (tertiary/aromatic N) is 1. The van der Waals surface area contributed by atoms with Crippen LogP contribution in [0, 0.1) is 11.8 Å². The minimum Gasteiger partial charge on any atom is -0.489 e. The van der Waals surface area contributed by atoms with Gasteiger partial charge in [0, 0.05) is 13.1 Å². The van der Waals surface area contributed by atoms with Crippen molar-refractivity contribution in [2.24, 2.45) is 11.8 Å². The van der Waals surface area contributed by atoms with Crippen LogP contribution in [0.15, 0.2) is 18.2 Å². The zero-order chi connectivity index (χ0) is 16.1. The lowest BCUT2D eigenvalue weighted by Gasteiger charge is -2.34. The fraction of sp³-hybridized carbons (Fsp3) is 0.684. The molecular formula is C19H32N2O. The van der Waals surface area contributed by atoms with Crippen molar-refractivity contribution in [2.45, 2.75) is 53.1 Å². The first kappa shape index (κ1) is 17.1. The van der Waals surface area contributed by atoms with Crippen molar-refractivity contribution in [1.82, 2.24) is 4.90 Å². The summed E-state index contributed by atoms with van der Waals surface area (Å²) in [5, 5.41) is 0. The van der Waals surface area contributed by atoms with Gasteiger partial charge in [-0.1, -0.05) is 19.9 Å². The van der Waals surface area contributed by atoms with E-state index < -0.39 is 0 Å². The molecule has 124 valence electrons. The highest BCUT2D eigenvalue weighted by molar-refractivity contribution is 5.54. The van der Waals surface area contributed by atoms with Gasteiger partial charge in [-0.25, -0.2) is 0 Å². The molecule has 2 atom stereocenters. The van der Waals surface area contributed by atoms with Crippen LogP contribution >= 0.6 is 0 Å². The highest BCUT2D eigenvalue weighted by atomic mass is 16.5. The molecule has 0 aliphatic carbocycles. The predicted molar refractivity (Wildman–Crippen MR) is 94.3 cm³/mol. The fourth-order valence-corrected chi connectivity index (χ4v) is 3.60. The maximum atomic E-state index is 6.09. The van der Waals surface area contributed by atoms with Gasteiger partial charge in [-0.3, -0.25) is 0 Å². The molecule has 22 heavy (non-hydrogen) atoms. The van der Waals surface area contributed by atoms with E-state index in [-0.39, 0.29) is 6.10 Å². The summed E-state index contributed by atoms with van der Waals surface area (Å²) in [5.41, 5.74) is 8.15. The second kappa shape index (κ2) is 7.87. The number of benzene rings is 1. The number of anilines is 1. The van der Waals surface area contributed by atoms with Crippen LogP contribution in [-0.2, 0) is 6.42 Å². The number of nitrogens with two attached hydrogens (primary N) is 1. The van der Waals surface area contributed by atoms with E-state index in [0.29, 0.717) is 0 Å². The first-order valence-corrected chi connectivity index (χ1v) is 8.71. The van der Waals surface area contributed by atoms with E-state index >= 15 is 0 Å². The van der Waals surface area contributed by atoms with Gasteiger partial charge in [-0.2, -0.15) is 0 Å². The lowest BCUT2D eigenvalue weighted by Crippen LogP contribution is -2.39. The highest BCUT2D eigenvalue weighted by Gasteiger charge is 2.21. The van der Waals surface area contributed by atoms with E-state index in [1.165, 1.54) is 38.0 Å². The van der Waals surface area contributed by atoms with Crippen LogP contribution in [-0.4, -0.2) is 30.6 Å². The third-order valence-corrected chi connectivity index (χ3v) is 4.32. The maximum absolute atomic E-state index is 6.09. The van der Waals surface area contributed by atoms with Crippen LogP contribution in [0.2, 0.25) is 0 Å². The Hall–Kier alpha value is -1.22. The zero-order valence-electron chi connectivity index (χ0n) is 14.6. The van der Waals surface area contributed by atoms with Crippen LogP contribution in [0.5, 0.6) is 5.75 Å². The van der Waals surface area contributed by atoms with Crippen molar-refractivity contribution in [3.63, 3.8) is 0 Å². The SMILES string of the molecule is CC1CC(C)CN(CCCc2ccc(OC(C)C)c(N)c2)C1. The van der Waals surface area contributed by atoms with Gasteiger partial charge >= 0.3 is 0 Å². The first-order chi connectivity index (χ1) is 10.4. The van der Waals surface area contributed by atoms with Crippen LogP contribution in [0.25, 0.3) is 0 Å². The molecule has 1 saturated heterocycles. The summed E-state index contributed by atoms with van der Waals surface area (Å²) in [6.45, 7) is 12.5. The van der Waals surface area contributed by atoms with Crippen molar-refractivity contribution in [3.8, 4) is 5.75 Å². The molecule has 1 aliphatic heterocycles. The summed E-state index contributed by atoms with van der Waals surface area (Å²) in [6.07, 6.45) is 3.83. The zero-order valence-corrected chi connectivity index (χ0v) is 14.6. The quantitative estimate of drug-likeness (QED) is 0.808. The summed E-state index contributed by atoms with van der Waals surface area (Å²) in [5.74, 6) is 2.48. The molecule has 1 heterocycles. The van der Waals surface area contributed by atoms with Gasteiger partial charge in [0.1, 0.15) is 5.75 Å². The predicted octanol–water partition coefficient (Wildman–Crippen LogP) is 3.97. The van der Waals surface area contributed by atoms with Crippen LogP contribution in [0.4, 0.5) is 5.69 Å². The second-order valence-electron chi connectivity index (χ2n) is 7.35. The second-order valence-corrected chi connectivity index (χ2v) is 7.35. The molecule has 0 aromatic heterocycles. The molecule has 1 aliphatic rings. The molecule has 1 fully saturated rings. The molecule has 0 radical (unpaired) electrons. The Morgan fingerprint density at radius 2 is 1.91 bits per heavy atom. The summed E-state index contributed by atoms with van der Waals surface area (Å²) in [4.78, 5) is 2.62. The van der Waals surface area contributed by atoms with Gasteiger partial charge in [0.2, 0.25) is 0 Å². The molecule has 3 heteroatoms. The van der Waals surface area contributed by atoms with E-state index in [1.807, 2.05) is 19.9 Å². The van der Waals surface area contributed by atoms with Gasteiger partial charge in [0.25, 0.3) is 0 Å². The maximum Gasteiger partial charge on any atom is 0.142 e. The molecule has 1 aromatic rings. The Labute approximate surface area is 135 Å². The topological polar surface area (TPSA) is 38.5 Å². The lowest BCUT2D eigenvalue weighted by atomic mass is 9.92. The Morgan fingerprint density at radius 1 is 1.23 bits per heavy atom. The molecule has 0 saturated carbocycles. The van der Waals surface area contributed by atoms with E-state index in [1.54, 1.807) is 0 Å². The molecule has 1 aromatic carbocycles. The van der Waals surface area contributed by atoms with E-state index in [2.05, 4.69) is 30.9 Å². The van der Waals surface area contributed by atoms with Crippen molar-refractivity contribution in [2.75, 3.05) is 25.4 Å². The number of rotatable bonds is 6. The summed E-state index contributed by atoms with van der Waals surface area (Å²) < 4.78 is 5.69. The molecule has 2 rings (SSSR count). The lowest BCUT2D eigenvalue weighted by molar-refractivity contribution is 0.140. The van der Waals surface area contributed by atoms with Crippen LogP contribution in [0.1, 0.15) is 46.1 Å². The van der Waals surface area contributed by atoms with Gasteiger partial charge in [0.05, 0.1) is 11.8 Å². The number of piperidine rings is 1. The monoisotopic (exact) mass is 304 g/mol. The standard InChI is InChI=1S/C19H32N2O/c1-14(2)22-19-8-7-17(11-18(19)20)6-5-9-21-12-15(3)10-16(4)13-21/h7-8,11,14-16H,5-6,9-10,12-13,20H2,1-4H3. The number of aryl methyl sites for hydroxylation is 1. The normalized spacial score (nSPS) is 23.0. The summed E-state index contributed by atoms with van der Waals surface area (Å²) in [7, 11) is 0. The molecule has 0 amide bonds. The number of nitrogen functional groups attached to an aromatic ring is 1. The Bertz CT molecular complexity index is 463. The highest BCUT2D eigenvalue weighted by Crippen LogP contribution is 2.25. The Kier molecular flexibility index (Phi) is 6.13. The number of hydrogen-bond donors (Lipinski definition) is 1. The van der Waals surface area contributed by atoms with Crippen LogP contribution in [0.3, 0.4) is 0 Å². The van der Waals surface area contributed by atoms with Gasteiger partial charge in [-0.05, 0) is 69.2 Å². The number of likely N-dealkylation sites (tertiary alicyclic amines) is 1. The summed E-state index contributed by atoms with van der Waals surface area (Å²) in [6, 6.07) is 6.23. The largest absolute Gasteiger partial charge is 0.489 e. The molecule has 2 N–H and O–H groups in total. The summed E-state index contributed by atoms with van der Waals surface area (Å²) >= 11 is 0. The van der Waals surface area contributed by atoms with Crippen molar-refractivity contribution < 1.29 is 4.74 Å². The smallest absolute Gasteiger partial charge is 0.142 e. The molecule has 2 unspecified atom stereocenters. The third kappa shape index (κ3) is 5.20. The minimum atomic E-state index is 0.163. The first-order valence-electron chi connectivity index (χ1n) is 8.71. The van der Waals surface area contributed by atoms with Gasteiger partial charge < -0.3 is 15.4 Å². The van der Waals surface area contributed by atoms with Crippen molar-refractivity contribution >= 4 is 5.69 Å². The average Bonchev–Trinajstić information content (AvgIpc) is 2.40. The van der Waals surface area contributed by atoms with Gasteiger partial charge in [0.15, 0.2) is 0 Å². The number of ether oxygens (including phenoxy) is 1. The number of hydrogen-bond acceptors (Lipinski definition) is 3. The van der Waals surface area contributed by atoms with E-state index in [0.717, 1.165) is 29.7 Å². The van der Waals surface area contributed by atoms with Crippen molar-refractivity contribution in [1.29, 1.82) is 0 Å². The molecule has 0 bridgehead atoms. The Balaban J connectivity index is 1.80. The molecule has 0 spiro atoms. The third-order valence-electron chi connectivity index (χ3n) is 4.32. The van der Waals surface area contributed by atoms with E-state index in [4.69, 9.17) is 10.5 Å². The average molecular weight is 304 g/mol. The van der Waals surface area contributed by atoms with Gasteiger partial charge in [-0.15, -0.1) is 0 Å². The fourth-order valence-electron chi connectivity index (χ4n) is 3.60. The minimum absolute atomic E-state index is 0.163. The van der Waals surface area contributed by atoms with E-state index in [9.17, 15) is 0 Å². The van der Waals surface area contributed by atoms with Crippen LogP contribution < -0.4 is 10.5 Å².